The maximum absolute atomic E-state index is 10.2. The van der Waals surface area contributed by atoms with Gasteiger partial charge in [-0.1, -0.05) is 0 Å². The Bertz CT molecular complexity index is 284. The van der Waals surface area contributed by atoms with Crippen LogP contribution in [0, 0.1) is 0 Å². The Kier molecular flexibility index (Phi) is 3.64. The average Bonchev–Trinajstić information content (AvgIpc) is 2.08. The van der Waals surface area contributed by atoms with Crippen molar-refractivity contribution >= 4 is 23.4 Å². The van der Waals surface area contributed by atoms with Crippen molar-refractivity contribution in [3.8, 4) is 0 Å². The molecular weight excluding hydrogens is 186 g/mol. The molecule has 0 saturated carbocycles. The zero-order valence-corrected chi connectivity index (χ0v) is 7.88. The van der Waals surface area contributed by atoms with Crippen LogP contribution in [0.1, 0.15) is 6.42 Å². The van der Waals surface area contributed by atoms with E-state index < -0.39 is 5.97 Å². The SMILES string of the molecule is Nc1ccc(SCCC(=O)O)cc1. The van der Waals surface area contributed by atoms with Gasteiger partial charge in [-0.05, 0) is 24.3 Å². The molecule has 0 amide bonds. The largest absolute Gasteiger partial charge is 0.481 e. The molecule has 13 heavy (non-hydrogen) atoms. The van der Waals surface area contributed by atoms with Crippen LogP contribution in [0.25, 0.3) is 0 Å². The summed E-state index contributed by atoms with van der Waals surface area (Å²) in [4.78, 5) is 11.3. The van der Waals surface area contributed by atoms with Gasteiger partial charge in [0, 0.05) is 16.3 Å². The molecule has 1 rings (SSSR count). The number of aliphatic carboxylic acids is 1. The van der Waals surface area contributed by atoms with Crippen LogP contribution in [0.2, 0.25) is 0 Å². The van der Waals surface area contributed by atoms with Gasteiger partial charge in [-0.3, -0.25) is 4.79 Å². The van der Waals surface area contributed by atoms with Gasteiger partial charge in [-0.25, -0.2) is 0 Å². The fourth-order valence-corrected chi connectivity index (χ4v) is 1.66. The Labute approximate surface area is 80.9 Å². The van der Waals surface area contributed by atoms with Gasteiger partial charge < -0.3 is 10.8 Å². The second-order valence-electron chi connectivity index (χ2n) is 2.56. The van der Waals surface area contributed by atoms with Gasteiger partial charge in [0.2, 0.25) is 0 Å². The number of thioether (sulfide) groups is 1. The summed E-state index contributed by atoms with van der Waals surface area (Å²) in [5.41, 5.74) is 6.22. The van der Waals surface area contributed by atoms with Crippen LogP contribution in [-0.4, -0.2) is 16.8 Å². The van der Waals surface area contributed by atoms with E-state index in [1.165, 1.54) is 11.8 Å². The summed E-state index contributed by atoms with van der Waals surface area (Å²) in [6.07, 6.45) is 0.190. The van der Waals surface area contributed by atoms with Crippen molar-refractivity contribution in [2.24, 2.45) is 0 Å². The number of rotatable bonds is 4. The van der Waals surface area contributed by atoms with Crippen LogP contribution >= 0.6 is 11.8 Å². The molecule has 0 aliphatic heterocycles. The van der Waals surface area contributed by atoms with E-state index in [9.17, 15) is 4.79 Å². The van der Waals surface area contributed by atoms with Gasteiger partial charge >= 0.3 is 5.97 Å². The molecule has 0 bridgehead atoms. The van der Waals surface area contributed by atoms with Crippen molar-refractivity contribution < 1.29 is 9.90 Å². The summed E-state index contributed by atoms with van der Waals surface area (Å²) in [5.74, 6) is -0.165. The Morgan fingerprint density at radius 3 is 2.54 bits per heavy atom. The van der Waals surface area contributed by atoms with E-state index in [4.69, 9.17) is 10.8 Å². The molecule has 3 nitrogen and oxygen atoms in total. The van der Waals surface area contributed by atoms with Gasteiger partial charge in [-0.2, -0.15) is 0 Å². The molecule has 0 aromatic heterocycles. The highest BCUT2D eigenvalue weighted by Crippen LogP contribution is 2.19. The minimum Gasteiger partial charge on any atom is -0.481 e. The van der Waals surface area contributed by atoms with Crippen LogP contribution in [0.15, 0.2) is 29.2 Å². The highest BCUT2D eigenvalue weighted by atomic mass is 32.2. The van der Waals surface area contributed by atoms with Crippen LogP contribution in [0.3, 0.4) is 0 Å². The molecule has 1 aromatic rings. The van der Waals surface area contributed by atoms with Crippen LogP contribution in [-0.2, 0) is 4.79 Å². The number of benzene rings is 1. The Morgan fingerprint density at radius 2 is 2.00 bits per heavy atom. The molecule has 0 radical (unpaired) electrons. The molecule has 0 saturated heterocycles. The maximum atomic E-state index is 10.2. The third-order valence-corrected chi connectivity index (χ3v) is 2.48. The normalized spacial score (nSPS) is 9.85. The average molecular weight is 197 g/mol. The molecule has 3 N–H and O–H groups in total. The second-order valence-corrected chi connectivity index (χ2v) is 3.73. The Balaban J connectivity index is 2.37. The van der Waals surface area contributed by atoms with Crippen LogP contribution in [0.5, 0.6) is 0 Å². The number of hydrogen-bond acceptors (Lipinski definition) is 3. The molecular formula is C9H11NO2S. The minimum atomic E-state index is -0.761. The highest BCUT2D eigenvalue weighted by Gasteiger charge is 1.97. The molecule has 0 spiro atoms. The monoisotopic (exact) mass is 197 g/mol. The van der Waals surface area contributed by atoms with E-state index >= 15 is 0 Å². The second kappa shape index (κ2) is 4.77. The molecule has 70 valence electrons. The predicted molar refractivity (Wildman–Crippen MR) is 53.8 cm³/mol. The third-order valence-electron chi connectivity index (χ3n) is 1.46. The lowest BCUT2D eigenvalue weighted by molar-refractivity contribution is -0.136. The Hall–Kier alpha value is -1.16. The first-order chi connectivity index (χ1) is 6.18. The number of carbonyl (C=O) groups is 1. The number of hydrogen-bond donors (Lipinski definition) is 2. The lowest BCUT2D eigenvalue weighted by Gasteiger charge is -1.99. The standard InChI is InChI=1S/C9H11NO2S/c10-7-1-3-8(4-2-7)13-6-5-9(11)12/h1-4H,5-6,10H2,(H,11,12). The molecule has 0 atom stereocenters. The van der Waals surface area contributed by atoms with Gasteiger partial charge in [0.15, 0.2) is 0 Å². The smallest absolute Gasteiger partial charge is 0.304 e. The first-order valence-corrected chi connectivity index (χ1v) is 4.87. The van der Waals surface area contributed by atoms with Crippen molar-refractivity contribution in [2.75, 3.05) is 11.5 Å². The van der Waals surface area contributed by atoms with E-state index in [-0.39, 0.29) is 6.42 Å². The van der Waals surface area contributed by atoms with Crippen molar-refractivity contribution in [2.45, 2.75) is 11.3 Å². The number of nitrogens with two attached hydrogens (primary N) is 1. The van der Waals surface area contributed by atoms with Gasteiger partial charge in [-0.15, -0.1) is 11.8 Å². The molecule has 0 heterocycles. The number of carboxylic acid groups (broad SMARTS) is 1. The molecule has 0 aliphatic rings. The number of anilines is 1. The lowest BCUT2D eigenvalue weighted by Crippen LogP contribution is -1.95. The predicted octanol–water partition coefficient (Wildman–Crippen LogP) is 1.84. The molecule has 0 aliphatic carbocycles. The van der Waals surface area contributed by atoms with Gasteiger partial charge in [0.05, 0.1) is 6.42 Å². The number of nitrogen functional groups attached to an aromatic ring is 1. The summed E-state index contributed by atoms with van der Waals surface area (Å²) in [5, 5.41) is 8.40. The number of carboxylic acids is 1. The molecule has 1 aromatic carbocycles. The lowest BCUT2D eigenvalue weighted by atomic mass is 10.3. The maximum Gasteiger partial charge on any atom is 0.304 e. The molecule has 4 heteroatoms. The van der Waals surface area contributed by atoms with Gasteiger partial charge in [0.1, 0.15) is 0 Å². The third kappa shape index (κ3) is 3.85. The molecule has 0 fully saturated rings. The van der Waals surface area contributed by atoms with Crippen LogP contribution < -0.4 is 5.73 Å². The zero-order valence-electron chi connectivity index (χ0n) is 7.06. The van der Waals surface area contributed by atoms with E-state index in [1.54, 1.807) is 0 Å². The van der Waals surface area contributed by atoms with Crippen molar-refractivity contribution in [1.82, 2.24) is 0 Å². The van der Waals surface area contributed by atoms with E-state index in [0.717, 1.165) is 10.6 Å². The first-order valence-electron chi connectivity index (χ1n) is 3.88. The van der Waals surface area contributed by atoms with E-state index in [2.05, 4.69) is 0 Å². The fraction of sp³-hybridized carbons (Fsp3) is 0.222. The topological polar surface area (TPSA) is 63.3 Å². The molecule has 0 unspecified atom stereocenters. The van der Waals surface area contributed by atoms with E-state index in [0.29, 0.717) is 5.75 Å². The quantitative estimate of drug-likeness (QED) is 0.571. The van der Waals surface area contributed by atoms with Crippen molar-refractivity contribution in [1.29, 1.82) is 0 Å². The summed E-state index contributed by atoms with van der Waals surface area (Å²) in [7, 11) is 0. The first kappa shape index (κ1) is 9.92. The fourth-order valence-electron chi connectivity index (χ4n) is 0.820. The summed E-state index contributed by atoms with van der Waals surface area (Å²) < 4.78 is 0. The van der Waals surface area contributed by atoms with Gasteiger partial charge in [0.25, 0.3) is 0 Å². The van der Waals surface area contributed by atoms with Crippen molar-refractivity contribution in [3.05, 3.63) is 24.3 Å². The van der Waals surface area contributed by atoms with Crippen LogP contribution in [0.4, 0.5) is 5.69 Å². The minimum absolute atomic E-state index is 0.190. The highest BCUT2D eigenvalue weighted by molar-refractivity contribution is 7.99. The zero-order chi connectivity index (χ0) is 9.68. The Morgan fingerprint density at radius 1 is 1.38 bits per heavy atom. The van der Waals surface area contributed by atoms with Crippen molar-refractivity contribution in [3.63, 3.8) is 0 Å². The summed E-state index contributed by atoms with van der Waals surface area (Å²) in [6, 6.07) is 7.40. The summed E-state index contributed by atoms with van der Waals surface area (Å²) >= 11 is 1.52. The summed E-state index contributed by atoms with van der Waals surface area (Å²) in [6.45, 7) is 0. The van der Waals surface area contributed by atoms with E-state index in [1.807, 2.05) is 24.3 Å².